The number of aryl methyl sites for hydroxylation is 1. The molecule has 1 rings (SSSR count). The molecule has 0 amide bonds. The van der Waals surface area contributed by atoms with Gasteiger partial charge in [-0.15, -0.1) is 21.8 Å². The van der Waals surface area contributed by atoms with Crippen LogP contribution in [0.4, 0.5) is 5.13 Å². The lowest BCUT2D eigenvalue weighted by molar-refractivity contribution is 0.766. The fourth-order valence-electron chi connectivity index (χ4n) is 0.779. The van der Waals surface area contributed by atoms with Crippen molar-refractivity contribution in [3.05, 3.63) is 5.01 Å². The van der Waals surface area contributed by atoms with Gasteiger partial charge < -0.3 is 5.32 Å². The summed E-state index contributed by atoms with van der Waals surface area (Å²) in [5.41, 5.74) is 0. The zero-order valence-electron chi connectivity index (χ0n) is 7.17. The molecule has 3 nitrogen and oxygen atoms in total. The molecule has 0 aromatic carbocycles. The number of alkyl halides is 1. The SMILES string of the molecule is CCC(CCl)Nc1nnc(C)s1. The maximum Gasteiger partial charge on any atom is 0.205 e. The average molecular weight is 206 g/mol. The molecule has 1 atom stereocenters. The van der Waals surface area contributed by atoms with E-state index in [9.17, 15) is 0 Å². The van der Waals surface area contributed by atoms with Crippen LogP contribution < -0.4 is 5.32 Å². The largest absolute Gasteiger partial charge is 0.356 e. The first-order chi connectivity index (χ1) is 5.76. The Morgan fingerprint density at radius 3 is 2.75 bits per heavy atom. The number of hydrogen-bond donors (Lipinski definition) is 1. The van der Waals surface area contributed by atoms with Crippen LogP contribution in [0.1, 0.15) is 18.4 Å². The Labute approximate surface area is 81.2 Å². The van der Waals surface area contributed by atoms with Crippen LogP contribution in [0.25, 0.3) is 0 Å². The van der Waals surface area contributed by atoms with E-state index >= 15 is 0 Å². The first kappa shape index (κ1) is 9.74. The normalized spacial score (nSPS) is 12.9. The lowest BCUT2D eigenvalue weighted by Gasteiger charge is -2.10. The van der Waals surface area contributed by atoms with Gasteiger partial charge in [0.15, 0.2) is 0 Å². The summed E-state index contributed by atoms with van der Waals surface area (Å²) < 4.78 is 0. The standard InChI is InChI=1S/C7H12ClN3S/c1-3-6(4-8)9-7-11-10-5(2)12-7/h6H,3-4H2,1-2H3,(H,9,11). The zero-order chi connectivity index (χ0) is 8.97. The molecule has 0 saturated heterocycles. The van der Waals surface area contributed by atoms with Crippen molar-refractivity contribution in [2.75, 3.05) is 11.2 Å². The molecule has 1 aromatic heterocycles. The Morgan fingerprint density at radius 2 is 2.33 bits per heavy atom. The molecule has 0 aliphatic heterocycles. The second-order valence-corrected chi connectivity index (χ2v) is 4.02. The quantitative estimate of drug-likeness (QED) is 0.767. The van der Waals surface area contributed by atoms with Crippen LogP contribution in [0.2, 0.25) is 0 Å². The minimum Gasteiger partial charge on any atom is -0.356 e. The fraction of sp³-hybridized carbons (Fsp3) is 0.714. The second-order valence-electron chi connectivity index (χ2n) is 2.53. The van der Waals surface area contributed by atoms with E-state index in [1.807, 2.05) is 6.92 Å². The molecule has 1 heterocycles. The van der Waals surface area contributed by atoms with E-state index in [0.29, 0.717) is 11.9 Å². The summed E-state index contributed by atoms with van der Waals surface area (Å²) in [7, 11) is 0. The first-order valence-corrected chi connectivity index (χ1v) is 5.24. The number of aromatic nitrogens is 2. The smallest absolute Gasteiger partial charge is 0.205 e. The van der Waals surface area contributed by atoms with Crippen LogP contribution in [0, 0.1) is 6.92 Å². The first-order valence-electron chi connectivity index (χ1n) is 3.89. The van der Waals surface area contributed by atoms with Gasteiger partial charge in [0.2, 0.25) is 5.13 Å². The molecule has 0 bridgehead atoms. The Balaban J connectivity index is 2.50. The molecule has 0 radical (unpaired) electrons. The summed E-state index contributed by atoms with van der Waals surface area (Å²) in [6, 6.07) is 0.305. The maximum absolute atomic E-state index is 5.72. The van der Waals surface area contributed by atoms with Gasteiger partial charge in [-0.25, -0.2) is 0 Å². The van der Waals surface area contributed by atoms with Crippen molar-refractivity contribution in [3.8, 4) is 0 Å². The zero-order valence-corrected chi connectivity index (χ0v) is 8.74. The molecule has 0 saturated carbocycles. The molecule has 1 N–H and O–H groups in total. The number of hydrogen-bond acceptors (Lipinski definition) is 4. The predicted molar refractivity (Wildman–Crippen MR) is 53.1 cm³/mol. The Morgan fingerprint density at radius 1 is 1.58 bits per heavy atom. The molecule has 5 heteroatoms. The van der Waals surface area contributed by atoms with Crippen LogP contribution in [-0.2, 0) is 0 Å². The third-order valence-electron chi connectivity index (χ3n) is 1.53. The minimum absolute atomic E-state index is 0.305. The number of halogens is 1. The van der Waals surface area contributed by atoms with Gasteiger partial charge in [0.1, 0.15) is 5.01 Å². The average Bonchev–Trinajstić information content (AvgIpc) is 2.47. The van der Waals surface area contributed by atoms with Crippen LogP contribution in [0.3, 0.4) is 0 Å². The molecule has 68 valence electrons. The van der Waals surface area contributed by atoms with E-state index in [1.165, 1.54) is 0 Å². The molecular weight excluding hydrogens is 194 g/mol. The highest BCUT2D eigenvalue weighted by Gasteiger charge is 2.06. The predicted octanol–water partition coefficient (Wildman–Crippen LogP) is 2.28. The maximum atomic E-state index is 5.72. The van der Waals surface area contributed by atoms with Gasteiger partial charge in [-0.05, 0) is 13.3 Å². The fourth-order valence-corrected chi connectivity index (χ4v) is 1.74. The van der Waals surface area contributed by atoms with Gasteiger partial charge in [0.25, 0.3) is 0 Å². The van der Waals surface area contributed by atoms with E-state index in [1.54, 1.807) is 11.3 Å². The van der Waals surface area contributed by atoms with Gasteiger partial charge in [0, 0.05) is 11.9 Å². The molecule has 1 unspecified atom stereocenters. The van der Waals surface area contributed by atoms with E-state index in [-0.39, 0.29) is 0 Å². The third-order valence-corrected chi connectivity index (χ3v) is 2.68. The Bertz CT molecular complexity index is 234. The van der Waals surface area contributed by atoms with Gasteiger partial charge in [-0.1, -0.05) is 18.3 Å². The molecule has 12 heavy (non-hydrogen) atoms. The topological polar surface area (TPSA) is 37.8 Å². The van der Waals surface area contributed by atoms with Crippen LogP contribution in [0.5, 0.6) is 0 Å². The van der Waals surface area contributed by atoms with Crippen molar-refractivity contribution < 1.29 is 0 Å². The summed E-state index contributed by atoms with van der Waals surface area (Å²) in [6.07, 6.45) is 1.00. The summed E-state index contributed by atoms with van der Waals surface area (Å²) >= 11 is 7.27. The van der Waals surface area contributed by atoms with Crippen LogP contribution >= 0.6 is 22.9 Å². The van der Waals surface area contributed by atoms with Gasteiger partial charge in [0.05, 0.1) is 0 Å². The van der Waals surface area contributed by atoms with Crippen molar-refractivity contribution in [1.82, 2.24) is 10.2 Å². The lowest BCUT2D eigenvalue weighted by Crippen LogP contribution is -2.19. The third kappa shape index (κ3) is 2.60. The molecule has 0 spiro atoms. The molecule has 0 aliphatic carbocycles. The van der Waals surface area contributed by atoms with Crippen molar-refractivity contribution in [3.63, 3.8) is 0 Å². The van der Waals surface area contributed by atoms with Gasteiger partial charge in [-0.2, -0.15) is 0 Å². The number of nitrogens with zero attached hydrogens (tertiary/aromatic N) is 2. The Kier molecular flexibility index (Phi) is 3.75. The van der Waals surface area contributed by atoms with Gasteiger partial charge in [-0.3, -0.25) is 0 Å². The van der Waals surface area contributed by atoms with Crippen LogP contribution in [0.15, 0.2) is 0 Å². The second kappa shape index (κ2) is 4.62. The van der Waals surface area contributed by atoms with Crippen molar-refractivity contribution >= 4 is 28.1 Å². The van der Waals surface area contributed by atoms with Gasteiger partial charge >= 0.3 is 0 Å². The molecule has 0 fully saturated rings. The van der Waals surface area contributed by atoms with Crippen molar-refractivity contribution in [2.45, 2.75) is 26.3 Å². The summed E-state index contributed by atoms with van der Waals surface area (Å²) in [6.45, 7) is 4.03. The summed E-state index contributed by atoms with van der Waals surface area (Å²) in [5.74, 6) is 0.606. The number of anilines is 1. The molecular formula is C7H12ClN3S. The number of nitrogens with one attached hydrogen (secondary N) is 1. The lowest BCUT2D eigenvalue weighted by atomic mass is 10.3. The molecule has 1 aromatic rings. The minimum atomic E-state index is 0.305. The van der Waals surface area contributed by atoms with E-state index in [0.717, 1.165) is 16.6 Å². The monoisotopic (exact) mass is 205 g/mol. The van der Waals surface area contributed by atoms with Crippen molar-refractivity contribution in [2.24, 2.45) is 0 Å². The van der Waals surface area contributed by atoms with E-state index in [4.69, 9.17) is 11.6 Å². The summed E-state index contributed by atoms with van der Waals surface area (Å²) in [5, 5.41) is 12.9. The Hall–Kier alpha value is -0.350. The number of rotatable bonds is 4. The summed E-state index contributed by atoms with van der Waals surface area (Å²) in [4.78, 5) is 0. The van der Waals surface area contributed by atoms with E-state index < -0.39 is 0 Å². The van der Waals surface area contributed by atoms with E-state index in [2.05, 4.69) is 22.4 Å². The highest BCUT2D eigenvalue weighted by molar-refractivity contribution is 7.15. The van der Waals surface area contributed by atoms with Crippen molar-refractivity contribution in [1.29, 1.82) is 0 Å². The van der Waals surface area contributed by atoms with Crippen LogP contribution in [-0.4, -0.2) is 22.1 Å². The molecule has 0 aliphatic rings. The highest BCUT2D eigenvalue weighted by Crippen LogP contribution is 2.15. The highest BCUT2D eigenvalue weighted by atomic mass is 35.5.